The number of nitrogens with zero attached hydrogens (tertiary/aromatic N) is 1. The number of rotatable bonds is 28. The molecule has 0 aromatic rings. The molecule has 0 saturated carbocycles. The fourth-order valence-corrected chi connectivity index (χ4v) is 5.78. The Bertz CT molecular complexity index is 1450. The Morgan fingerprint density at radius 1 is 0.644 bits per heavy atom. The van der Waals surface area contributed by atoms with Crippen molar-refractivity contribution in [2.24, 2.45) is 0 Å². The van der Waals surface area contributed by atoms with Gasteiger partial charge in [-0.15, -0.1) is 0 Å². The normalized spacial score (nSPS) is 18.1. The quantitative estimate of drug-likeness (QED) is 0.0259. The largest absolute Gasteiger partial charge is 0.479 e. The van der Waals surface area contributed by atoms with Gasteiger partial charge in [-0.25, -0.2) is 14.7 Å². The second-order valence-electron chi connectivity index (χ2n) is 14.1. The van der Waals surface area contributed by atoms with E-state index in [2.05, 4.69) is 17.6 Å². The Labute approximate surface area is 339 Å². The number of hydrogen-bond donors (Lipinski definition) is 14. The first-order chi connectivity index (χ1) is 27.8. The van der Waals surface area contributed by atoms with E-state index in [-0.39, 0.29) is 19.4 Å². The molecular weight excluding hydrogens is 790 g/mol. The fraction of sp³-hybridized carbons (Fsp3) is 0.743. The van der Waals surface area contributed by atoms with Crippen molar-refractivity contribution in [3.8, 4) is 0 Å². The SMILES string of the molecule is CCCCCCCCCCCC(=O)NC(C(=O)NC(CO)C(=O)NC(C(=O)NC(C(=O)NC(CO)C(=O)NC1CCCN(O)C1=O)C(C)O)C(O)C(=O)O)C(O)C(=O)O. The predicted octanol–water partition coefficient (Wildman–Crippen LogP) is -4.92. The van der Waals surface area contributed by atoms with Crippen LogP contribution in [0.25, 0.3) is 0 Å². The van der Waals surface area contributed by atoms with Crippen LogP contribution in [0, 0.1) is 0 Å². The summed E-state index contributed by atoms with van der Waals surface area (Å²) in [7, 11) is 0. The number of aliphatic carboxylic acids is 2. The van der Waals surface area contributed by atoms with Crippen LogP contribution in [-0.4, -0.2) is 174 Å². The highest BCUT2D eigenvalue weighted by Gasteiger charge is 2.40. The van der Waals surface area contributed by atoms with E-state index in [0.29, 0.717) is 24.3 Å². The maximum Gasteiger partial charge on any atom is 0.335 e. The molecule has 0 radical (unpaired) electrons. The average Bonchev–Trinajstić information content (AvgIpc) is 3.18. The van der Waals surface area contributed by atoms with Gasteiger partial charge in [-0.2, -0.15) is 0 Å². The van der Waals surface area contributed by atoms with Crippen LogP contribution in [0.1, 0.15) is 90.9 Å². The number of carboxylic acid groups (broad SMARTS) is 2. The monoisotopic (exact) mass is 849 g/mol. The summed E-state index contributed by atoms with van der Waals surface area (Å²) >= 11 is 0. The lowest BCUT2D eigenvalue weighted by atomic mass is 10.1. The van der Waals surface area contributed by atoms with Crippen LogP contribution in [0.4, 0.5) is 0 Å². The molecule has 14 N–H and O–H groups in total. The maximum absolute atomic E-state index is 13.3. The van der Waals surface area contributed by atoms with Crippen molar-refractivity contribution in [1.82, 2.24) is 37.0 Å². The van der Waals surface area contributed by atoms with Crippen LogP contribution in [0.2, 0.25) is 0 Å². The molecule has 1 heterocycles. The van der Waals surface area contributed by atoms with Gasteiger partial charge in [-0.1, -0.05) is 58.3 Å². The van der Waals surface area contributed by atoms with Gasteiger partial charge in [-0.3, -0.25) is 38.8 Å². The summed E-state index contributed by atoms with van der Waals surface area (Å²) in [5, 5.41) is 91.0. The molecule has 0 aliphatic carbocycles. The first-order valence-corrected chi connectivity index (χ1v) is 19.3. The minimum absolute atomic E-state index is 0.00496. The molecule has 0 bridgehead atoms. The topological polar surface area (TPSA) is 391 Å². The van der Waals surface area contributed by atoms with E-state index in [1.165, 1.54) is 0 Å². The number of amides is 7. The Morgan fingerprint density at radius 2 is 1.08 bits per heavy atom. The van der Waals surface area contributed by atoms with Gasteiger partial charge < -0.3 is 67.6 Å². The highest BCUT2D eigenvalue weighted by atomic mass is 16.5. The zero-order chi connectivity index (χ0) is 44.8. The number of aliphatic hydroxyl groups is 5. The van der Waals surface area contributed by atoms with Crippen molar-refractivity contribution in [3.63, 3.8) is 0 Å². The summed E-state index contributed by atoms with van der Waals surface area (Å²) < 4.78 is 0. The van der Waals surface area contributed by atoms with Crippen LogP contribution < -0.4 is 31.9 Å². The van der Waals surface area contributed by atoms with E-state index in [1.807, 2.05) is 16.0 Å². The lowest BCUT2D eigenvalue weighted by Crippen LogP contribution is -2.65. The molecule has 9 unspecified atom stereocenters. The molecule has 7 amide bonds. The summed E-state index contributed by atoms with van der Waals surface area (Å²) in [6.45, 7) is 0.704. The second kappa shape index (κ2) is 26.9. The standard InChI is InChI=1S/C35H59N7O17/c1-3-4-5-6-7-8-9-10-11-14-22(46)39-24(26(47)34(55)56)31(52)38-21(17-44)29(50)41-25(27(48)35(57)58)32(53)40-23(18(2)45)30(51)37-20(16-43)28(49)36-19-13-12-15-42(59)33(19)54/h18-21,23-27,43-45,47-48,59H,3-17H2,1-2H3,(H,36,49)(H,37,51)(H,38,52)(H,39,46)(H,40,53)(H,41,50)(H,55,56)(H,57,58). The minimum atomic E-state index is -2.79. The number of aliphatic hydroxyl groups excluding tert-OH is 5. The number of hydrogen-bond acceptors (Lipinski definition) is 15. The molecule has 1 aliphatic rings. The molecule has 1 saturated heterocycles. The summed E-state index contributed by atoms with van der Waals surface area (Å²) in [5.74, 6) is -12.9. The van der Waals surface area contributed by atoms with E-state index in [1.54, 1.807) is 5.32 Å². The summed E-state index contributed by atoms with van der Waals surface area (Å²) in [5.41, 5.74) is 0. The Balaban J connectivity index is 3.04. The zero-order valence-corrected chi connectivity index (χ0v) is 33.0. The van der Waals surface area contributed by atoms with Crippen LogP contribution >= 0.6 is 0 Å². The van der Waals surface area contributed by atoms with Crippen LogP contribution in [0.15, 0.2) is 0 Å². The molecule has 24 nitrogen and oxygen atoms in total. The van der Waals surface area contributed by atoms with Gasteiger partial charge in [0.1, 0.15) is 36.3 Å². The second-order valence-corrected chi connectivity index (χ2v) is 14.1. The highest BCUT2D eigenvalue weighted by Crippen LogP contribution is 2.12. The van der Waals surface area contributed by atoms with Gasteiger partial charge in [0.05, 0.1) is 19.3 Å². The van der Waals surface area contributed by atoms with Crippen molar-refractivity contribution in [2.45, 2.75) is 145 Å². The Hall–Kier alpha value is -5.01. The molecule has 59 heavy (non-hydrogen) atoms. The van der Waals surface area contributed by atoms with Gasteiger partial charge in [0.25, 0.3) is 5.91 Å². The number of carbonyl (C=O) groups excluding carboxylic acids is 7. The third-order valence-electron chi connectivity index (χ3n) is 9.25. The number of unbranched alkanes of at least 4 members (excludes halogenated alkanes) is 8. The third kappa shape index (κ3) is 17.8. The molecule has 0 aromatic heterocycles. The summed E-state index contributed by atoms with van der Waals surface area (Å²) in [6.07, 6.45) is 1.43. The van der Waals surface area contributed by atoms with Crippen LogP contribution in [0.5, 0.6) is 0 Å². The number of piperidine rings is 1. The molecule has 9 atom stereocenters. The molecule has 1 aliphatic heterocycles. The van der Waals surface area contributed by atoms with Gasteiger partial charge in [0.2, 0.25) is 35.4 Å². The summed E-state index contributed by atoms with van der Waals surface area (Å²) in [4.78, 5) is 113. The molecule has 0 spiro atoms. The van der Waals surface area contributed by atoms with E-state index in [0.717, 1.165) is 51.9 Å². The predicted molar refractivity (Wildman–Crippen MR) is 199 cm³/mol. The number of carbonyl (C=O) groups is 9. The molecule has 1 rings (SSSR count). The first kappa shape index (κ1) is 52.0. The zero-order valence-electron chi connectivity index (χ0n) is 33.0. The molecule has 1 fully saturated rings. The van der Waals surface area contributed by atoms with Gasteiger partial charge >= 0.3 is 11.9 Å². The van der Waals surface area contributed by atoms with Crippen molar-refractivity contribution in [3.05, 3.63) is 0 Å². The highest BCUT2D eigenvalue weighted by molar-refractivity contribution is 5.99. The molecule has 24 heteroatoms. The van der Waals surface area contributed by atoms with Crippen LogP contribution in [0.3, 0.4) is 0 Å². The first-order valence-electron chi connectivity index (χ1n) is 19.3. The molecule has 0 aromatic carbocycles. The van der Waals surface area contributed by atoms with Crippen LogP contribution in [-0.2, 0) is 43.2 Å². The van der Waals surface area contributed by atoms with E-state index in [9.17, 15) is 84.1 Å². The number of hydroxylamine groups is 2. The van der Waals surface area contributed by atoms with E-state index < -0.39 is 121 Å². The summed E-state index contributed by atoms with van der Waals surface area (Å²) in [6, 6.07) is -11.9. The van der Waals surface area contributed by atoms with E-state index in [4.69, 9.17) is 0 Å². The maximum atomic E-state index is 13.3. The molecular formula is C35H59N7O17. The van der Waals surface area contributed by atoms with Crippen molar-refractivity contribution >= 4 is 53.3 Å². The van der Waals surface area contributed by atoms with Crippen molar-refractivity contribution < 1.29 is 84.1 Å². The van der Waals surface area contributed by atoms with Gasteiger partial charge in [-0.05, 0) is 26.2 Å². The molecule has 336 valence electrons. The fourth-order valence-electron chi connectivity index (χ4n) is 5.78. The Morgan fingerprint density at radius 3 is 1.58 bits per heavy atom. The third-order valence-corrected chi connectivity index (χ3v) is 9.25. The number of nitrogens with one attached hydrogen (secondary N) is 6. The van der Waals surface area contributed by atoms with Crippen molar-refractivity contribution in [2.75, 3.05) is 19.8 Å². The van der Waals surface area contributed by atoms with Crippen molar-refractivity contribution in [1.29, 1.82) is 0 Å². The lowest BCUT2D eigenvalue weighted by molar-refractivity contribution is -0.173. The average molecular weight is 850 g/mol. The smallest absolute Gasteiger partial charge is 0.335 e. The van der Waals surface area contributed by atoms with Gasteiger partial charge in [0.15, 0.2) is 12.2 Å². The number of carboxylic acids is 2. The minimum Gasteiger partial charge on any atom is -0.479 e. The lowest BCUT2D eigenvalue weighted by Gasteiger charge is -2.30. The van der Waals surface area contributed by atoms with E-state index >= 15 is 0 Å². The van der Waals surface area contributed by atoms with Gasteiger partial charge in [0, 0.05) is 13.0 Å². The Kier molecular flexibility index (Phi) is 23.7.